The van der Waals surface area contributed by atoms with Crippen molar-refractivity contribution in [2.45, 2.75) is 13.3 Å². The first kappa shape index (κ1) is 10.4. The molecular weight excluding hydrogens is 185 g/mol. The van der Waals surface area contributed by atoms with Gasteiger partial charge in [-0.25, -0.2) is 4.39 Å². The summed E-state index contributed by atoms with van der Waals surface area (Å²) in [6, 6.07) is 4.37. The third-order valence-electron chi connectivity index (χ3n) is 1.72. The molecule has 3 nitrogen and oxygen atoms in total. The average molecular weight is 195 g/mol. The van der Waals surface area contributed by atoms with Crippen LogP contribution in [-0.2, 0) is 9.59 Å². The van der Waals surface area contributed by atoms with Crippen LogP contribution in [0.15, 0.2) is 18.2 Å². The van der Waals surface area contributed by atoms with Crippen molar-refractivity contribution >= 4 is 17.9 Å². The van der Waals surface area contributed by atoms with E-state index in [0.717, 1.165) is 0 Å². The number of carbonyl (C=O) groups is 2. The molecule has 0 unspecified atom stereocenters. The molecule has 74 valence electrons. The summed E-state index contributed by atoms with van der Waals surface area (Å²) in [5.41, 5.74) is 0.873. The minimum Gasteiger partial charge on any atom is -0.326 e. The quantitative estimate of drug-likeness (QED) is 0.589. The highest BCUT2D eigenvalue weighted by Gasteiger charge is 2.03. The monoisotopic (exact) mass is 195 g/mol. The number of hydrogen-bond donors (Lipinski definition) is 1. The zero-order chi connectivity index (χ0) is 10.6. The van der Waals surface area contributed by atoms with E-state index in [1.165, 1.54) is 6.07 Å². The first-order valence-electron chi connectivity index (χ1n) is 4.13. The number of halogens is 1. The predicted octanol–water partition coefficient (Wildman–Crippen LogP) is 1.66. The first-order valence-corrected chi connectivity index (χ1v) is 4.13. The fourth-order valence-electron chi connectivity index (χ4n) is 0.958. The van der Waals surface area contributed by atoms with Crippen LogP contribution in [0.2, 0.25) is 0 Å². The van der Waals surface area contributed by atoms with Crippen molar-refractivity contribution in [1.82, 2.24) is 0 Å². The summed E-state index contributed by atoms with van der Waals surface area (Å²) in [6.07, 6.45) is 0.287. The summed E-state index contributed by atoms with van der Waals surface area (Å²) >= 11 is 0. The van der Waals surface area contributed by atoms with Gasteiger partial charge in [-0.15, -0.1) is 0 Å². The van der Waals surface area contributed by atoms with Crippen LogP contribution in [0.3, 0.4) is 0 Å². The van der Waals surface area contributed by atoms with Crippen LogP contribution in [0.4, 0.5) is 10.1 Å². The number of aryl methyl sites for hydroxylation is 1. The summed E-state index contributed by atoms with van der Waals surface area (Å²) in [7, 11) is 0. The molecule has 0 saturated carbocycles. The Morgan fingerprint density at radius 1 is 1.57 bits per heavy atom. The van der Waals surface area contributed by atoms with Crippen LogP contribution >= 0.6 is 0 Å². The van der Waals surface area contributed by atoms with Crippen molar-refractivity contribution in [1.29, 1.82) is 0 Å². The van der Waals surface area contributed by atoms with Gasteiger partial charge >= 0.3 is 0 Å². The van der Waals surface area contributed by atoms with E-state index >= 15 is 0 Å². The molecular formula is C10H10FNO2. The van der Waals surface area contributed by atoms with Crippen LogP contribution in [-0.4, -0.2) is 12.2 Å². The van der Waals surface area contributed by atoms with E-state index in [9.17, 15) is 14.0 Å². The van der Waals surface area contributed by atoms with Crippen molar-refractivity contribution in [2.24, 2.45) is 0 Å². The Bertz CT molecular complexity index is 363. The number of hydrogen-bond acceptors (Lipinski definition) is 2. The fourth-order valence-corrected chi connectivity index (χ4v) is 0.958. The highest BCUT2D eigenvalue weighted by molar-refractivity contribution is 5.97. The smallest absolute Gasteiger partial charge is 0.231 e. The second kappa shape index (κ2) is 4.50. The van der Waals surface area contributed by atoms with Crippen LogP contribution in [0.25, 0.3) is 0 Å². The van der Waals surface area contributed by atoms with Gasteiger partial charge in [0.1, 0.15) is 12.1 Å². The van der Waals surface area contributed by atoms with E-state index in [1.54, 1.807) is 19.1 Å². The Labute approximate surface area is 80.9 Å². The third kappa shape index (κ3) is 2.65. The second-order valence-corrected chi connectivity index (χ2v) is 2.88. The molecule has 0 aromatic heterocycles. The molecule has 0 fully saturated rings. The molecule has 0 saturated heterocycles. The maximum Gasteiger partial charge on any atom is 0.231 e. The van der Waals surface area contributed by atoms with Gasteiger partial charge < -0.3 is 10.1 Å². The van der Waals surface area contributed by atoms with Crippen molar-refractivity contribution in [3.63, 3.8) is 0 Å². The van der Waals surface area contributed by atoms with Crippen molar-refractivity contribution in [2.75, 3.05) is 5.32 Å². The highest BCUT2D eigenvalue weighted by Crippen LogP contribution is 2.13. The molecule has 1 amide bonds. The average Bonchev–Trinajstić information content (AvgIpc) is 2.12. The Balaban J connectivity index is 2.72. The Morgan fingerprint density at radius 3 is 2.86 bits per heavy atom. The van der Waals surface area contributed by atoms with E-state index in [0.29, 0.717) is 17.5 Å². The number of amides is 1. The molecule has 0 aliphatic rings. The Kier molecular flexibility index (Phi) is 3.34. The van der Waals surface area contributed by atoms with Gasteiger partial charge in [0.05, 0.1) is 6.42 Å². The molecule has 0 atom stereocenters. The summed E-state index contributed by atoms with van der Waals surface area (Å²) in [5.74, 6) is -0.822. The topological polar surface area (TPSA) is 46.2 Å². The Hall–Kier alpha value is -1.71. The third-order valence-corrected chi connectivity index (χ3v) is 1.72. The maximum absolute atomic E-state index is 13.0. The molecule has 1 aromatic carbocycles. The van der Waals surface area contributed by atoms with Gasteiger partial charge in [-0.1, -0.05) is 6.07 Å². The zero-order valence-corrected chi connectivity index (χ0v) is 7.71. The SMILES string of the molecule is Cc1ccc(NC(=O)CC=O)cc1F. The standard InChI is InChI=1S/C10H10FNO2/c1-7-2-3-8(6-9(7)11)12-10(14)4-5-13/h2-3,5-6H,4H2,1H3,(H,12,14). The summed E-state index contributed by atoms with van der Waals surface area (Å²) in [5, 5.41) is 2.40. The van der Waals surface area contributed by atoms with Gasteiger partial charge in [0, 0.05) is 5.69 Å². The molecule has 0 bridgehead atoms. The summed E-state index contributed by atoms with van der Waals surface area (Å²) in [4.78, 5) is 20.9. The number of aldehydes is 1. The molecule has 1 aromatic rings. The molecule has 14 heavy (non-hydrogen) atoms. The van der Waals surface area contributed by atoms with Gasteiger partial charge in [-0.2, -0.15) is 0 Å². The van der Waals surface area contributed by atoms with E-state index in [-0.39, 0.29) is 12.2 Å². The zero-order valence-electron chi connectivity index (χ0n) is 7.71. The summed E-state index contributed by atoms with van der Waals surface area (Å²) in [6.45, 7) is 1.63. The van der Waals surface area contributed by atoms with Gasteiger partial charge in [0.2, 0.25) is 5.91 Å². The van der Waals surface area contributed by atoms with Crippen molar-refractivity contribution < 1.29 is 14.0 Å². The predicted molar refractivity (Wildman–Crippen MR) is 50.4 cm³/mol. The molecule has 0 heterocycles. The number of benzene rings is 1. The second-order valence-electron chi connectivity index (χ2n) is 2.88. The van der Waals surface area contributed by atoms with E-state index < -0.39 is 5.91 Å². The van der Waals surface area contributed by atoms with Gasteiger partial charge in [0.25, 0.3) is 0 Å². The Morgan fingerprint density at radius 2 is 2.29 bits per heavy atom. The van der Waals surface area contributed by atoms with Crippen molar-refractivity contribution in [3.05, 3.63) is 29.6 Å². The normalized spacial score (nSPS) is 9.57. The van der Waals surface area contributed by atoms with E-state index in [2.05, 4.69) is 5.32 Å². The molecule has 1 N–H and O–H groups in total. The number of nitrogens with one attached hydrogen (secondary N) is 1. The lowest BCUT2D eigenvalue weighted by atomic mass is 10.2. The molecule has 4 heteroatoms. The largest absolute Gasteiger partial charge is 0.326 e. The molecule has 1 rings (SSSR count). The minimum absolute atomic E-state index is 0.213. The van der Waals surface area contributed by atoms with E-state index in [4.69, 9.17) is 0 Å². The minimum atomic E-state index is -0.441. The van der Waals surface area contributed by atoms with Gasteiger partial charge in [0.15, 0.2) is 0 Å². The number of carbonyl (C=O) groups excluding carboxylic acids is 2. The van der Waals surface area contributed by atoms with Gasteiger partial charge in [-0.05, 0) is 24.6 Å². The van der Waals surface area contributed by atoms with Crippen molar-refractivity contribution in [3.8, 4) is 0 Å². The lowest BCUT2D eigenvalue weighted by Crippen LogP contribution is -2.11. The molecule has 0 spiro atoms. The molecule has 0 aliphatic carbocycles. The highest BCUT2D eigenvalue weighted by atomic mass is 19.1. The fraction of sp³-hybridized carbons (Fsp3) is 0.200. The maximum atomic E-state index is 13.0. The first-order chi connectivity index (χ1) is 6.63. The molecule has 0 radical (unpaired) electrons. The molecule has 0 aliphatic heterocycles. The van der Waals surface area contributed by atoms with E-state index in [1.807, 2.05) is 0 Å². The number of rotatable bonds is 3. The lowest BCUT2D eigenvalue weighted by molar-refractivity contribution is -0.119. The van der Waals surface area contributed by atoms with Crippen LogP contribution in [0.5, 0.6) is 0 Å². The summed E-state index contributed by atoms with van der Waals surface area (Å²) < 4.78 is 13.0. The lowest BCUT2D eigenvalue weighted by Gasteiger charge is -2.03. The van der Waals surface area contributed by atoms with Gasteiger partial charge in [-0.3, -0.25) is 4.79 Å². The number of anilines is 1. The van der Waals surface area contributed by atoms with Crippen LogP contribution in [0.1, 0.15) is 12.0 Å². The van der Waals surface area contributed by atoms with Crippen LogP contribution in [0, 0.1) is 12.7 Å². The van der Waals surface area contributed by atoms with Crippen LogP contribution < -0.4 is 5.32 Å².